The van der Waals surface area contributed by atoms with Gasteiger partial charge in [-0.2, -0.15) is 0 Å². The van der Waals surface area contributed by atoms with Gasteiger partial charge >= 0.3 is 0 Å². The smallest absolute Gasteiger partial charge is 0.273 e. The molecule has 5 rings (SSSR count). The number of carbonyl (C=O) groups is 1. The quantitative estimate of drug-likeness (QED) is 0.332. The second kappa shape index (κ2) is 9.96. The molecule has 1 aliphatic rings. The molecule has 174 valence electrons. The number of amides is 1. The Bertz CT molecular complexity index is 1300. The van der Waals surface area contributed by atoms with Crippen molar-refractivity contribution in [3.8, 4) is 11.3 Å². The Labute approximate surface area is 196 Å². The fraction of sp³-hybridized carbons (Fsp3) is 0.280. The largest absolute Gasteiger partial charge is 0.448 e. The first-order chi connectivity index (χ1) is 16.7. The fourth-order valence-corrected chi connectivity index (χ4v) is 4.07. The number of aryl methyl sites for hydroxylation is 2. The van der Waals surface area contributed by atoms with Crippen LogP contribution in [0, 0.1) is 5.82 Å². The first-order valence-electron chi connectivity index (χ1n) is 11.4. The van der Waals surface area contributed by atoms with Crippen LogP contribution < -0.4 is 10.6 Å². The number of nitrogens with zero attached hydrogens (tertiary/aromatic N) is 3. The van der Waals surface area contributed by atoms with Gasteiger partial charge in [0.1, 0.15) is 17.9 Å². The number of fused-ring (bicyclic) bond motifs is 3. The van der Waals surface area contributed by atoms with E-state index in [0.29, 0.717) is 18.9 Å². The molecule has 4 aromatic rings. The Morgan fingerprint density at radius 1 is 1.09 bits per heavy atom. The average Bonchev–Trinajstić information content (AvgIpc) is 3.50. The lowest BCUT2D eigenvalue weighted by atomic mass is 9.93. The van der Waals surface area contributed by atoms with E-state index in [4.69, 9.17) is 9.40 Å². The van der Waals surface area contributed by atoms with Crippen molar-refractivity contribution in [2.24, 2.45) is 0 Å². The third-order valence-electron chi connectivity index (χ3n) is 5.83. The zero-order valence-electron chi connectivity index (χ0n) is 18.6. The molecule has 34 heavy (non-hydrogen) atoms. The van der Waals surface area contributed by atoms with Gasteiger partial charge in [-0.05, 0) is 30.5 Å². The van der Waals surface area contributed by atoms with Crippen molar-refractivity contribution < 1.29 is 13.6 Å². The van der Waals surface area contributed by atoms with Crippen LogP contribution in [0.1, 0.15) is 39.2 Å². The minimum Gasteiger partial charge on any atom is -0.448 e. The topological polar surface area (TPSA) is 109 Å². The molecule has 3 N–H and O–H groups in total. The van der Waals surface area contributed by atoms with Crippen LogP contribution in [0.4, 0.5) is 4.39 Å². The predicted octanol–water partition coefficient (Wildman–Crippen LogP) is 3.00. The molecule has 0 radical (unpaired) electrons. The van der Waals surface area contributed by atoms with Gasteiger partial charge in [0.2, 0.25) is 0 Å². The summed E-state index contributed by atoms with van der Waals surface area (Å²) >= 11 is 0. The fourth-order valence-electron chi connectivity index (χ4n) is 4.07. The third kappa shape index (κ3) is 4.89. The van der Waals surface area contributed by atoms with Crippen LogP contribution in [0.2, 0.25) is 0 Å². The van der Waals surface area contributed by atoms with Crippen LogP contribution in [0.5, 0.6) is 0 Å². The summed E-state index contributed by atoms with van der Waals surface area (Å²) in [6.45, 7) is 1.40. The molecule has 1 aromatic carbocycles. The molecule has 3 heterocycles. The molecule has 0 saturated carbocycles. The number of hydrogen-bond donors (Lipinski definition) is 3. The Morgan fingerprint density at radius 3 is 2.88 bits per heavy atom. The predicted molar refractivity (Wildman–Crippen MR) is 124 cm³/mol. The van der Waals surface area contributed by atoms with Crippen molar-refractivity contribution in [1.29, 1.82) is 0 Å². The Morgan fingerprint density at radius 2 is 1.97 bits per heavy atom. The summed E-state index contributed by atoms with van der Waals surface area (Å²) in [5.74, 6) is 0.547. The summed E-state index contributed by atoms with van der Waals surface area (Å²) in [6.07, 6.45) is 6.15. The third-order valence-corrected chi connectivity index (χ3v) is 5.83. The minimum atomic E-state index is -0.464. The second-order valence-corrected chi connectivity index (χ2v) is 8.16. The van der Waals surface area contributed by atoms with E-state index in [-0.39, 0.29) is 17.9 Å². The van der Waals surface area contributed by atoms with Crippen molar-refractivity contribution in [3.05, 3.63) is 89.0 Å². The zero-order valence-corrected chi connectivity index (χ0v) is 18.6. The van der Waals surface area contributed by atoms with Gasteiger partial charge in [-0.25, -0.2) is 14.4 Å². The number of halogens is 1. The maximum absolute atomic E-state index is 13.6. The first kappa shape index (κ1) is 22.0. The normalized spacial score (nSPS) is 12.3. The van der Waals surface area contributed by atoms with Crippen molar-refractivity contribution >= 4 is 5.91 Å². The number of H-pyrrole nitrogens is 1. The summed E-state index contributed by atoms with van der Waals surface area (Å²) in [5, 5.41) is 5.96. The van der Waals surface area contributed by atoms with Crippen LogP contribution in [0.25, 0.3) is 11.3 Å². The zero-order chi connectivity index (χ0) is 23.3. The summed E-state index contributed by atoms with van der Waals surface area (Å²) in [4.78, 5) is 28.6. The molecule has 1 amide bonds. The standard InChI is InChI=1S/C25H25FN6O2/c26-18-6-3-11-28-20(18)14-29-25(33)21-15-34-23(31-21)10-13-27-12-9-22-30-19-8-7-16-4-1-2-5-17(16)24(19)32-22/h1-6,11,15,27H,7-10,12-14H2,(H,29,33)(H,30,32). The number of hydrogen-bond acceptors (Lipinski definition) is 6. The van der Waals surface area contributed by atoms with E-state index < -0.39 is 11.7 Å². The number of aromatic amines is 1. The maximum Gasteiger partial charge on any atom is 0.273 e. The van der Waals surface area contributed by atoms with Gasteiger partial charge in [0, 0.05) is 43.4 Å². The number of carbonyl (C=O) groups excluding carboxylic acids is 1. The van der Waals surface area contributed by atoms with E-state index >= 15 is 0 Å². The molecular formula is C25H25FN6O2. The maximum atomic E-state index is 13.6. The lowest BCUT2D eigenvalue weighted by Crippen LogP contribution is -2.24. The van der Waals surface area contributed by atoms with Gasteiger partial charge in [0.05, 0.1) is 17.9 Å². The van der Waals surface area contributed by atoms with Gasteiger partial charge in [0.15, 0.2) is 11.6 Å². The summed E-state index contributed by atoms with van der Waals surface area (Å²) < 4.78 is 19.0. The minimum absolute atomic E-state index is 0.0168. The number of aromatic nitrogens is 4. The SMILES string of the molecule is O=C(NCc1ncccc1F)c1coc(CCNCCc2nc3c([nH]2)CCc2ccccc2-3)n1. The molecule has 0 fully saturated rings. The molecule has 0 bridgehead atoms. The van der Waals surface area contributed by atoms with E-state index in [2.05, 4.69) is 49.9 Å². The van der Waals surface area contributed by atoms with Crippen molar-refractivity contribution in [1.82, 2.24) is 30.6 Å². The first-order valence-corrected chi connectivity index (χ1v) is 11.4. The molecule has 0 saturated heterocycles. The second-order valence-electron chi connectivity index (χ2n) is 8.16. The number of rotatable bonds is 9. The number of benzene rings is 1. The van der Waals surface area contributed by atoms with E-state index in [9.17, 15) is 9.18 Å². The Hall–Kier alpha value is -3.85. The van der Waals surface area contributed by atoms with Crippen LogP contribution in [-0.4, -0.2) is 38.9 Å². The molecule has 0 unspecified atom stereocenters. The highest BCUT2D eigenvalue weighted by molar-refractivity contribution is 5.91. The van der Waals surface area contributed by atoms with Crippen LogP contribution in [0.3, 0.4) is 0 Å². The molecule has 0 aliphatic heterocycles. The van der Waals surface area contributed by atoms with Gasteiger partial charge in [-0.3, -0.25) is 9.78 Å². The van der Waals surface area contributed by atoms with Gasteiger partial charge in [-0.1, -0.05) is 24.3 Å². The van der Waals surface area contributed by atoms with Crippen LogP contribution in [0.15, 0.2) is 53.3 Å². The summed E-state index contributed by atoms with van der Waals surface area (Å²) in [7, 11) is 0. The Kier molecular flexibility index (Phi) is 6.44. The van der Waals surface area contributed by atoms with Gasteiger partial charge in [0.25, 0.3) is 5.91 Å². The average molecular weight is 461 g/mol. The Balaban J connectivity index is 1.06. The number of imidazole rings is 1. The van der Waals surface area contributed by atoms with Gasteiger partial charge in [-0.15, -0.1) is 0 Å². The molecule has 0 atom stereocenters. The van der Waals surface area contributed by atoms with E-state index in [1.54, 1.807) is 0 Å². The number of oxazole rings is 1. The molecule has 1 aliphatic carbocycles. The molecule has 0 spiro atoms. The van der Waals surface area contributed by atoms with Crippen molar-refractivity contribution in [2.75, 3.05) is 13.1 Å². The molecular weight excluding hydrogens is 435 g/mol. The number of pyridine rings is 1. The van der Waals surface area contributed by atoms with E-state index in [1.807, 2.05) is 0 Å². The van der Waals surface area contributed by atoms with Gasteiger partial charge < -0.3 is 20.0 Å². The van der Waals surface area contributed by atoms with Crippen molar-refractivity contribution in [3.63, 3.8) is 0 Å². The van der Waals surface area contributed by atoms with Crippen molar-refractivity contribution in [2.45, 2.75) is 32.2 Å². The number of nitrogens with one attached hydrogen (secondary N) is 3. The summed E-state index contributed by atoms with van der Waals surface area (Å²) in [5.41, 5.74) is 5.21. The molecule has 9 heteroatoms. The molecule has 3 aromatic heterocycles. The van der Waals surface area contributed by atoms with Crippen LogP contribution >= 0.6 is 0 Å². The highest BCUT2D eigenvalue weighted by atomic mass is 19.1. The lowest BCUT2D eigenvalue weighted by molar-refractivity contribution is 0.0945. The summed E-state index contributed by atoms with van der Waals surface area (Å²) in [6, 6.07) is 11.2. The van der Waals surface area contributed by atoms with Crippen LogP contribution in [-0.2, 0) is 32.2 Å². The lowest BCUT2D eigenvalue weighted by Gasteiger charge is -2.14. The van der Waals surface area contributed by atoms with E-state index in [0.717, 1.165) is 37.3 Å². The highest BCUT2D eigenvalue weighted by Crippen LogP contribution is 2.31. The van der Waals surface area contributed by atoms with E-state index in [1.165, 1.54) is 41.4 Å². The monoisotopic (exact) mass is 460 g/mol. The highest BCUT2D eigenvalue weighted by Gasteiger charge is 2.19. The molecule has 8 nitrogen and oxygen atoms in total.